The molecule has 0 unspecified atom stereocenters. The van der Waals surface area contributed by atoms with E-state index in [0.717, 1.165) is 0 Å². The van der Waals surface area contributed by atoms with Crippen molar-refractivity contribution in [3.63, 3.8) is 0 Å². The monoisotopic (exact) mass is 240 g/mol. The first kappa shape index (κ1) is 12.3. The number of methoxy groups -OCH3 is 1. The number of hydrogen-bond donors (Lipinski definition) is 1. The molecule has 0 atom stereocenters. The molecule has 2 rings (SSSR count). The van der Waals surface area contributed by atoms with Crippen LogP contribution < -0.4 is 4.74 Å². The maximum absolute atomic E-state index is 13.5. The van der Waals surface area contributed by atoms with Crippen molar-refractivity contribution in [3.05, 3.63) is 29.6 Å². The Morgan fingerprint density at radius 3 is 2.71 bits per heavy atom. The highest BCUT2D eigenvalue weighted by atomic mass is 19.1. The molecule has 0 aromatic heterocycles. The van der Waals surface area contributed by atoms with E-state index in [4.69, 9.17) is 9.47 Å². The summed E-state index contributed by atoms with van der Waals surface area (Å²) in [5, 5.41) is 10.3. The van der Waals surface area contributed by atoms with Crippen LogP contribution in [0.4, 0.5) is 4.39 Å². The third kappa shape index (κ3) is 2.28. The summed E-state index contributed by atoms with van der Waals surface area (Å²) in [7, 11) is 1.42. The Morgan fingerprint density at radius 1 is 1.47 bits per heavy atom. The number of aliphatic hydroxyl groups is 1. The molecule has 1 aromatic carbocycles. The smallest absolute Gasteiger partial charge is 0.165 e. The van der Waals surface area contributed by atoms with Gasteiger partial charge in [0.1, 0.15) is 0 Å². The molecule has 0 spiro atoms. The van der Waals surface area contributed by atoms with E-state index in [9.17, 15) is 9.50 Å². The van der Waals surface area contributed by atoms with Crippen LogP contribution in [-0.2, 0) is 10.3 Å². The first-order valence-electron chi connectivity index (χ1n) is 5.77. The number of benzene rings is 1. The molecule has 0 radical (unpaired) electrons. The summed E-state index contributed by atoms with van der Waals surface area (Å²) in [6, 6.07) is 4.57. The average Bonchev–Trinajstić information content (AvgIpc) is 2.27. The minimum absolute atomic E-state index is 0.0789. The Hall–Kier alpha value is -1.13. The minimum atomic E-state index is -0.951. The Balaban J connectivity index is 2.11. The van der Waals surface area contributed by atoms with Crippen LogP contribution in [-0.4, -0.2) is 24.9 Å². The summed E-state index contributed by atoms with van der Waals surface area (Å²) in [6.07, 6.45) is 1.12. The molecule has 0 heterocycles. The summed E-state index contributed by atoms with van der Waals surface area (Å²) >= 11 is 0. The van der Waals surface area contributed by atoms with Gasteiger partial charge in [-0.05, 0) is 24.6 Å². The molecular weight excluding hydrogens is 223 g/mol. The average molecular weight is 240 g/mol. The number of halogens is 1. The Kier molecular flexibility index (Phi) is 3.35. The molecule has 4 heteroatoms. The molecule has 94 valence electrons. The molecule has 17 heavy (non-hydrogen) atoms. The van der Waals surface area contributed by atoms with Crippen molar-refractivity contribution in [2.75, 3.05) is 13.7 Å². The van der Waals surface area contributed by atoms with Gasteiger partial charge in [-0.3, -0.25) is 0 Å². The molecule has 0 aliphatic heterocycles. The summed E-state index contributed by atoms with van der Waals surface area (Å²) in [4.78, 5) is 0. The fraction of sp³-hybridized carbons (Fsp3) is 0.538. The highest BCUT2D eigenvalue weighted by Crippen LogP contribution is 2.43. The van der Waals surface area contributed by atoms with Gasteiger partial charge < -0.3 is 14.6 Å². The van der Waals surface area contributed by atoms with E-state index in [0.29, 0.717) is 25.0 Å². The molecule has 1 N–H and O–H groups in total. The molecule has 0 bridgehead atoms. The van der Waals surface area contributed by atoms with Gasteiger partial charge in [0.25, 0.3) is 0 Å². The van der Waals surface area contributed by atoms with Crippen molar-refractivity contribution < 1.29 is 19.0 Å². The first-order valence-corrected chi connectivity index (χ1v) is 5.77. The lowest BCUT2D eigenvalue weighted by molar-refractivity contribution is -0.142. The highest BCUT2D eigenvalue weighted by molar-refractivity contribution is 5.34. The van der Waals surface area contributed by atoms with Crippen molar-refractivity contribution in [3.8, 4) is 5.75 Å². The molecule has 3 nitrogen and oxygen atoms in total. The van der Waals surface area contributed by atoms with Crippen molar-refractivity contribution in [2.24, 2.45) is 0 Å². The van der Waals surface area contributed by atoms with Gasteiger partial charge in [-0.15, -0.1) is 0 Å². The summed E-state index contributed by atoms with van der Waals surface area (Å²) < 4.78 is 23.8. The van der Waals surface area contributed by atoms with Gasteiger partial charge in [-0.1, -0.05) is 6.07 Å². The first-order chi connectivity index (χ1) is 8.09. The maximum Gasteiger partial charge on any atom is 0.165 e. The minimum Gasteiger partial charge on any atom is -0.494 e. The second kappa shape index (κ2) is 4.63. The molecule has 1 fully saturated rings. The number of rotatable bonds is 4. The second-order valence-corrected chi connectivity index (χ2v) is 4.37. The normalized spacial score (nSPS) is 27.6. The van der Waals surface area contributed by atoms with Gasteiger partial charge in [-0.25, -0.2) is 4.39 Å². The lowest BCUT2D eigenvalue weighted by Crippen LogP contribution is -2.45. The van der Waals surface area contributed by atoms with Crippen LogP contribution in [0.15, 0.2) is 18.2 Å². The Labute approximate surface area is 100 Å². The van der Waals surface area contributed by atoms with E-state index in [2.05, 4.69) is 0 Å². The zero-order valence-corrected chi connectivity index (χ0v) is 10.1. The van der Waals surface area contributed by atoms with E-state index in [1.807, 2.05) is 6.92 Å². The van der Waals surface area contributed by atoms with Crippen LogP contribution in [0, 0.1) is 5.82 Å². The summed E-state index contributed by atoms with van der Waals surface area (Å²) in [5.41, 5.74) is -0.362. The van der Waals surface area contributed by atoms with Crippen LogP contribution in [0.1, 0.15) is 25.3 Å². The van der Waals surface area contributed by atoms with Crippen molar-refractivity contribution >= 4 is 0 Å². The van der Waals surface area contributed by atoms with E-state index < -0.39 is 11.4 Å². The second-order valence-electron chi connectivity index (χ2n) is 4.37. The zero-order valence-electron chi connectivity index (χ0n) is 10.1. The van der Waals surface area contributed by atoms with Crippen molar-refractivity contribution in [1.29, 1.82) is 0 Å². The topological polar surface area (TPSA) is 38.7 Å². The molecule has 1 aliphatic carbocycles. The Bertz CT molecular complexity index is 400. The van der Waals surface area contributed by atoms with E-state index in [-0.39, 0.29) is 11.9 Å². The van der Waals surface area contributed by atoms with Gasteiger partial charge in [0.2, 0.25) is 0 Å². The fourth-order valence-corrected chi connectivity index (χ4v) is 2.24. The van der Waals surface area contributed by atoms with E-state index in [1.54, 1.807) is 6.07 Å². The number of ether oxygens (including phenoxy) is 2. The van der Waals surface area contributed by atoms with Crippen LogP contribution in [0.3, 0.4) is 0 Å². The molecule has 1 aromatic rings. The van der Waals surface area contributed by atoms with Gasteiger partial charge >= 0.3 is 0 Å². The SMILES string of the molecule is CCOC1CC(O)(c2ccc(OC)c(F)c2)C1. The zero-order chi connectivity index (χ0) is 12.5. The molecular formula is C13H17FO3. The van der Waals surface area contributed by atoms with Crippen LogP contribution in [0.5, 0.6) is 5.75 Å². The van der Waals surface area contributed by atoms with Crippen molar-refractivity contribution in [2.45, 2.75) is 31.5 Å². The lowest BCUT2D eigenvalue weighted by atomic mass is 9.73. The van der Waals surface area contributed by atoms with E-state index in [1.165, 1.54) is 19.2 Å². The summed E-state index contributed by atoms with van der Waals surface area (Å²) in [6.45, 7) is 2.56. The van der Waals surface area contributed by atoms with Gasteiger partial charge in [0, 0.05) is 19.4 Å². The van der Waals surface area contributed by atoms with Gasteiger partial charge in [0.05, 0.1) is 18.8 Å². The van der Waals surface area contributed by atoms with Crippen LogP contribution in [0.2, 0.25) is 0 Å². The third-order valence-corrected chi connectivity index (χ3v) is 3.22. The molecule has 0 amide bonds. The van der Waals surface area contributed by atoms with E-state index >= 15 is 0 Å². The van der Waals surface area contributed by atoms with Crippen LogP contribution >= 0.6 is 0 Å². The Morgan fingerprint density at radius 2 is 2.18 bits per heavy atom. The van der Waals surface area contributed by atoms with Gasteiger partial charge in [0.15, 0.2) is 11.6 Å². The third-order valence-electron chi connectivity index (χ3n) is 3.22. The quantitative estimate of drug-likeness (QED) is 0.877. The molecule has 1 saturated carbocycles. The molecule has 1 aliphatic rings. The fourth-order valence-electron chi connectivity index (χ4n) is 2.24. The maximum atomic E-state index is 13.5. The standard InChI is InChI=1S/C13H17FO3/c1-3-17-10-7-13(15,8-10)9-4-5-12(16-2)11(14)6-9/h4-6,10,15H,3,7-8H2,1-2H3. The molecule has 0 saturated heterocycles. The predicted molar refractivity (Wildman–Crippen MR) is 61.5 cm³/mol. The largest absolute Gasteiger partial charge is 0.494 e. The number of hydrogen-bond acceptors (Lipinski definition) is 3. The summed E-state index contributed by atoms with van der Waals surface area (Å²) in [5.74, 6) is -0.253. The predicted octanol–water partition coefficient (Wildman–Crippen LogP) is 2.22. The lowest BCUT2D eigenvalue weighted by Gasteiger charge is -2.43. The van der Waals surface area contributed by atoms with Crippen molar-refractivity contribution in [1.82, 2.24) is 0 Å². The van der Waals surface area contributed by atoms with Crippen LogP contribution in [0.25, 0.3) is 0 Å². The van der Waals surface area contributed by atoms with Gasteiger partial charge in [-0.2, -0.15) is 0 Å². The highest BCUT2D eigenvalue weighted by Gasteiger charge is 2.44.